The first-order chi connectivity index (χ1) is 26.8. The maximum atomic E-state index is 6.73. The fraction of sp³-hybridized carbons (Fsp3) is 0. The van der Waals surface area contributed by atoms with Crippen molar-refractivity contribution in [3.05, 3.63) is 176 Å². The van der Waals surface area contributed by atoms with Gasteiger partial charge >= 0.3 is 0 Å². The lowest BCUT2D eigenvalue weighted by Gasteiger charge is -2.18. The molecule has 2 heterocycles. The van der Waals surface area contributed by atoms with Crippen LogP contribution < -0.4 is 0 Å². The maximum Gasteiger partial charge on any atom is 0.228 e. The third-order valence-corrected chi connectivity index (χ3v) is 11.3. The van der Waals surface area contributed by atoms with Crippen molar-refractivity contribution >= 4 is 86.9 Å². The number of oxazole rings is 1. The molecule has 0 aliphatic rings. The SMILES string of the molecule is c1ccc2c(-c3nc4c(ccc5c4oc4cccc(-c6c7ccccc7c(-c7ccc8c(ccc9ccccc98)c7)c7ccccc67)c45)o3)cccc2c1. The number of rotatable bonds is 3. The molecule has 0 amide bonds. The van der Waals surface area contributed by atoms with E-state index < -0.39 is 0 Å². The Morgan fingerprint density at radius 2 is 0.926 bits per heavy atom. The number of hydrogen-bond acceptors (Lipinski definition) is 3. The zero-order valence-electron chi connectivity index (χ0n) is 29.0. The van der Waals surface area contributed by atoms with Crippen LogP contribution in [0.15, 0.2) is 185 Å². The van der Waals surface area contributed by atoms with Gasteiger partial charge in [-0.2, -0.15) is 0 Å². The lowest BCUT2D eigenvalue weighted by atomic mass is 9.84. The van der Waals surface area contributed by atoms with Gasteiger partial charge in [-0.15, -0.1) is 0 Å². The highest BCUT2D eigenvalue weighted by molar-refractivity contribution is 6.27. The molecule has 12 rings (SSSR count). The van der Waals surface area contributed by atoms with E-state index in [0.717, 1.165) is 49.4 Å². The lowest BCUT2D eigenvalue weighted by molar-refractivity contribution is 0.620. The average Bonchev–Trinajstić information content (AvgIpc) is 3.85. The van der Waals surface area contributed by atoms with Crippen LogP contribution in [-0.4, -0.2) is 4.98 Å². The molecule has 0 N–H and O–H groups in total. The predicted octanol–water partition coefficient (Wildman–Crippen LogP) is 14.5. The molecule has 0 bridgehead atoms. The van der Waals surface area contributed by atoms with Crippen molar-refractivity contribution in [2.45, 2.75) is 0 Å². The van der Waals surface area contributed by atoms with Crippen LogP contribution >= 0.6 is 0 Å². The van der Waals surface area contributed by atoms with Gasteiger partial charge in [-0.25, -0.2) is 4.98 Å². The molecular weight excluding hydrogens is 659 g/mol. The molecule has 0 atom stereocenters. The first-order valence-corrected chi connectivity index (χ1v) is 18.4. The van der Waals surface area contributed by atoms with E-state index in [-0.39, 0.29) is 0 Å². The molecule has 12 aromatic rings. The van der Waals surface area contributed by atoms with E-state index in [2.05, 4.69) is 170 Å². The third kappa shape index (κ3) is 4.15. The molecule has 250 valence electrons. The van der Waals surface area contributed by atoms with Crippen molar-refractivity contribution in [3.63, 3.8) is 0 Å². The molecule has 0 aliphatic carbocycles. The Kier molecular flexibility index (Phi) is 6.05. The van der Waals surface area contributed by atoms with Crippen molar-refractivity contribution in [1.29, 1.82) is 0 Å². The average molecular weight is 688 g/mol. The van der Waals surface area contributed by atoms with Gasteiger partial charge in [0.1, 0.15) is 5.58 Å². The summed E-state index contributed by atoms with van der Waals surface area (Å²) in [7, 11) is 0. The fourth-order valence-corrected chi connectivity index (χ4v) is 8.91. The molecule has 3 nitrogen and oxygen atoms in total. The van der Waals surface area contributed by atoms with Crippen molar-refractivity contribution in [3.8, 4) is 33.7 Å². The van der Waals surface area contributed by atoms with Gasteiger partial charge in [0.15, 0.2) is 16.7 Å². The lowest BCUT2D eigenvalue weighted by Crippen LogP contribution is -1.91. The van der Waals surface area contributed by atoms with Gasteiger partial charge in [0, 0.05) is 16.3 Å². The molecule has 3 heteroatoms. The maximum absolute atomic E-state index is 6.73. The fourth-order valence-electron chi connectivity index (χ4n) is 8.91. The van der Waals surface area contributed by atoms with Gasteiger partial charge in [-0.3, -0.25) is 0 Å². The Morgan fingerprint density at radius 3 is 1.70 bits per heavy atom. The van der Waals surface area contributed by atoms with Crippen molar-refractivity contribution in [2.75, 3.05) is 0 Å². The molecule has 0 aliphatic heterocycles. The van der Waals surface area contributed by atoms with E-state index in [1.54, 1.807) is 0 Å². The second-order valence-electron chi connectivity index (χ2n) is 14.2. The van der Waals surface area contributed by atoms with Gasteiger partial charge in [0.05, 0.1) is 0 Å². The Labute approximate surface area is 309 Å². The van der Waals surface area contributed by atoms with Crippen LogP contribution in [0.3, 0.4) is 0 Å². The van der Waals surface area contributed by atoms with Gasteiger partial charge in [0.2, 0.25) is 5.89 Å². The molecule has 0 radical (unpaired) electrons. The Bertz CT molecular complexity index is 3450. The molecule has 0 spiro atoms. The molecule has 0 saturated carbocycles. The van der Waals surface area contributed by atoms with E-state index in [1.165, 1.54) is 59.8 Å². The minimum Gasteiger partial charge on any atom is -0.454 e. The minimum absolute atomic E-state index is 0.587. The Balaban J connectivity index is 1.11. The third-order valence-electron chi connectivity index (χ3n) is 11.3. The quantitative estimate of drug-likeness (QED) is 0.137. The van der Waals surface area contributed by atoms with Gasteiger partial charge in [-0.1, -0.05) is 146 Å². The molecule has 10 aromatic carbocycles. The summed E-state index contributed by atoms with van der Waals surface area (Å²) in [4.78, 5) is 5.08. The summed E-state index contributed by atoms with van der Waals surface area (Å²) >= 11 is 0. The molecular formula is C51H29NO2. The summed E-state index contributed by atoms with van der Waals surface area (Å²) in [6.07, 6.45) is 0. The monoisotopic (exact) mass is 687 g/mol. The second kappa shape index (κ2) is 11.1. The first-order valence-electron chi connectivity index (χ1n) is 18.4. The van der Waals surface area contributed by atoms with Crippen LogP contribution in [-0.2, 0) is 0 Å². The summed E-state index contributed by atoms with van der Waals surface area (Å²) in [6, 6.07) is 62.9. The minimum atomic E-state index is 0.587. The number of aromatic nitrogens is 1. The van der Waals surface area contributed by atoms with E-state index in [9.17, 15) is 0 Å². The second-order valence-corrected chi connectivity index (χ2v) is 14.2. The van der Waals surface area contributed by atoms with Crippen molar-refractivity contribution in [1.82, 2.24) is 4.98 Å². The Morgan fingerprint density at radius 1 is 0.352 bits per heavy atom. The molecule has 2 aromatic heterocycles. The smallest absolute Gasteiger partial charge is 0.228 e. The van der Waals surface area contributed by atoms with Crippen molar-refractivity contribution in [2.24, 2.45) is 0 Å². The number of furan rings is 1. The topological polar surface area (TPSA) is 39.2 Å². The zero-order valence-corrected chi connectivity index (χ0v) is 29.0. The highest BCUT2D eigenvalue weighted by atomic mass is 16.4. The summed E-state index contributed by atoms with van der Waals surface area (Å²) in [6.45, 7) is 0. The zero-order chi connectivity index (χ0) is 35.3. The molecule has 0 saturated heterocycles. The van der Waals surface area contributed by atoms with E-state index in [4.69, 9.17) is 13.8 Å². The van der Waals surface area contributed by atoms with Crippen molar-refractivity contribution < 1.29 is 8.83 Å². The standard InChI is InChI=1S/C51H29NO2/c1-4-15-35-30(11-1)13-9-20-41(35)51-52-49-45(54-51)28-27-43-48-42(21-10-22-44(48)53-50(43)49)47-39-18-7-5-16-37(39)46(38-17-6-8-19-40(38)47)33-25-26-36-32(29-33)24-23-31-12-2-3-14-34(31)36/h1-29H. The largest absolute Gasteiger partial charge is 0.454 e. The summed E-state index contributed by atoms with van der Waals surface area (Å²) in [5.41, 5.74) is 8.74. The first kappa shape index (κ1) is 29.4. The summed E-state index contributed by atoms with van der Waals surface area (Å²) in [5, 5.41) is 14.2. The molecule has 0 fully saturated rings. The molecule has 0 unspecified atom stereocenters. The van der Waals surface area contributed by atoms with Gasteiger partial charge in [-0.05, 0) is 106 Å². The van der Waals surface area contributed by atoms with Crippen LogP contribution in [0.4, 0.5) is 0 Å². The van der Waals surface area contributed by atoms with Crippen LogP contribution in [0.1, 0.15) is 0 Å². The summed E-state index contributed by atoms with van der Waals surface area (Å²) < 4.78 is 13.2. The number of hydrogen-bond donors (Lipinski definition) is 0. The number of benzene rings is 10. The van der Waals surface area contributed by atoms with E-state index >= 15 is 0 Å². The molecule has 54 heavy (non-hydrogen) atoms. The normalized spacial score (nSPS) is 12.1. The highest BCUT2D eigenvalue weighted by Crippen LogP contribution is 2.48. The van der Waals surface area contributed by atoms with Crippen LogP contribution in [0.2, 0.25) is 0 Å². The van der Waals surface area contributed by atoms with Gasteiger partial charge in [0.25, 0.3) is 0 Å². The van der Waals surface area contributed by atoms with Gasteiger partial charge < -0.3 is 8.83 Å². The highest BCUT2D eigenvalue weighted by Gasteiger charge is 2.23. The Hall–Kier alpha value is -7.23. The number of fused-ring (bicyclic) bond motifs is 11. The number of nitrogens with zero attached hydrogens (tertiary/aromatic N) is 1. The van der Waals surface area contributed by atoms with E-state index in [1.807, 2.05) is 6.07 Å². The van der Waals surface area contributed by atoms with Crippen LogP contribution in [0.5, 0.6) is 0 Å². The van der Waals surface area contributed by atoms with E-state index in [0.29, 0.717) is 11.5 Å². The van der Waals surface area contributed by atoms with Crippen LogP contribution in [0.25, 0.3) is 121 Å². The summed E-state index contributed by atoms with van der Waals surface area (Å²) in [5.74, 6) is 0.587. The predicted molar refractivity (Wildman–Crippen MR) is 225 cm³/mol. The van der Waals surface area contributed by atoms with Crippen LogP contribution in [0, 0.1) is 0 Å².